The molecule has 0 radical (unpaired) electrons. The lowest BCUT2D eigenvalue weighted by Gasteiger charge is -2.37. The van der Waals surface area contributed by atoms with Gasteiger partial charge in [-0.25, -0.2) is 0 Å². The summed E-state index contributed by atoms with van der Waals surface area (Å²) < 4.78 is 0. The molecule has 1 aromatic rings. The van der Waals surface area contributed by atoms with Crippen LogP contribution in [0.25, 0.3) is 0 Å². The quantitative estimate of drug-likeness (QED) is 0.707. The molecule has 162 valence electrons. The van der Waals surface area contributed by atoms with E-state index in [1.54, 1.807) is 0 Å². The standard InChI is InChI=1S/C21H37N7O/c1-5-25(6-2)18-16-19(24-21(23-18)26(7-3)8-4)27-12-14-28(15-13-27)20(29)17-10-9-11-22-17/h16-17,22H,5-15H2,1-4H3. The summed E-state index contributed by atoms with van der Waals surface area (Å²) in [4.78, 5) is 31.2. The highest BCUT2D eigenvalue weighted by molar-refractivity contribution is 5.82. The molecule has 0 aromatic carbocycles. The summed E-state index contributed by atoms with van der Waals surface area (Å²) in [7, 11) is 0. The van der Waals surface area contributed by atoms with Gasteiger partial charge in [-0.15, -0.1) is 0 Å². The Morgan fingerprint density at radius 3 is 2.24 bits per heavy atom. The predicted octanol–water partition coefficient (Wildman–Crippen LogP) is 1.57. The minimum absolute atomic E-state index is 0.0177. The first-order valence-corrected chi connectivity index (χ1v) is 11.3. The predicted molar refractivity (Wildman–Crippen MR) is 119 cm³/mol. The minimum atomic E-state index is 0.0177. The highest BCUT2D eigenvalue weighted by atomic mass is 16.2. The van der Waals surface area contributed by atoms with Gasteiger partial charge in [0.1, 0.15) is 11.6 Å². The number of hydrogen-bond donors (Lipinski definition) is 1. The van der Waals surface area contributed by atoms with Crippen LogP contribution in [0.2, 0.25) is 0 Å². The Morgan fingerprint density at radius 1 is 1.03 bits per heavy atom. The molecule has 3 heterocycles. The maximum Gasteiger partial charge on any atom is 0.239 e. The number of piperazine rings is 1. The van der Waals surface area contributed by atoms with Gasteiger partial charge in [-0.1, -0.05) is 0 Å². The molecular formula is C21H37N7O. The summed E-state index contributed by atoms with van der Waals surface area (Å²) in [5.41, 5.74) is 0. The zero-order valence-electron chi connectivity index (χ0n) is 18.5. The van der Waals surface area contributed by atoms with Crippen LogP contribution in [0.4, 0.5) is 17.6 Å². The molecule has 1 unspecified atom stereocenters. The van der Waals surface area contributed by atoms with Crippen LogP contribution in [0.5, 0.6) is 0 Å². The molecular weight excluding hydrogens is 366 g/mol. The molecule has 0 bridgehead atoms. The van der Waals surface area contributed by atoms with Crippen LogP contribution in [0.3, 0.4) is 0 Å². The first-order chi connectivity index (χ1) is 14.1. The molecule has 0 spiro atoms. The molecule has 0 aliphatic carbocycles. The summed E-state index contributed by atoms with van der Waals surface area (Å²) >= 11 is 0. The van der Waals surface area contributed by atoms with Crippen molar-refractivity contribution in [3.8, 4) is 0 Å². The van der Waals surface area contributed by atoms with Crippen LogP contribution >= 0.6 is 0 Å². The lowest BCUT2D eigenvalue weighted by Crippen LogP contribution is -2.53. The van der Waals surface area contributed by atoms with Gasteiger partial charge in [-0.05, 0) is 47.1 Å². The SMILES string of the molecule is CCN(CC)c1cc(N2CCN(C(=O)C3CCCN3)CC2)nc(N(CC)CC)n1. The molecule has 29 heavy (non-hydrogen) atoms. The lowest BCUT2D eigenvalue weighted by atomic mass is 10.2. The minimum Gasteiger partial charge on any atom is -0.357 e. The van der Waals surface area contributed by atoms with E-state index in [9.17, 15) is 4.79 Å². The van der Waals surface area contributed by atoms with Crippen molar-refractivity contribution in [2.75, 3.05) is 73.6 Å². The van der Waals surface area contributed by atoms with Crippen molar-refractivity contribution < 1.29 is 4.79 Å². The van der Waals surface area contributed by atoms with Gasteiger partial charge < -0.3 is 24.9 Å². The summed E-state index contributed by atoms with van der Waals surface area (Å²) in [6, 6.07) is 2.12. The van der Waals surface area contributed by atoms with E-state index in [4.69, 9.17) is 9.97 Å². The second-order valence-electron chi connectivity index (χ2n) is 7.69. The van der Waals surface area contributed by atoms with Crippen molar-refractivity contribution in [1.29, 1.82) is 0 Å². The van der Waals surface area contributed by atoms with E-state index in [0.717, 1.165) is 89.3 Å². The van der Waals surface area contributed by atoms with Gasteiger partial charge >= 0.3 is 0 Å². The second-order valence-corrected chi connectivity index (χ2v) is 7.69. The van der Waals surface area contributed by atoms with Crippen molar-refractivity contribution in [1.82, 2.24) is 20.2 Å². The topological polar surface area (TPSA) is 67.8 Å². The summed E-state index contributed by atoms with van der Waals surface area (Å²) in [5, 5.41) is 3.33. The van der Waals surface area contributed by atoms with Gasteiger partial charge in [0.2, 0.25) is 11.9 Å². The first-order valence-electron chi connectivity index (χ1n) is 11.3. The van der Waals surface area contributed by atoms with Gasteiger partial charge in [-0.2, -0.15) is 9.97 Å². The van der Waals surface area contributed by atoms with Crippen molar-refractivity contribution in [2.45, 2.75) is 46.6 Å². The Hall–Kier alpha value is -2.09. The molecule has 0 saturated carbocycles. The number of carbonyl (C=O) groups is 1. The molecule has 1 N–H and O–H groups in total. The Labute approximate surface area is 175 Å². The average molecular weight is 404 g/mol. The fraction of sp³-hybridized carbons (Fsp3) is 0.762. The van der Waals surface area contributed by atoms with Gasteiger partial charge in [-0.3, -0.25) is 4.79 Å². The maximum atomic E-state index is 12.7. The van der Waals surface area contributed by atoms with E-state index >= 15 is 0 Å². The molecule has 8 nitrogen and oxygen atoms in total. The zero-order chi connectivity index (χ0) is 20.8. The highest BCUT2D eigenvalue weighted by Crippen LogP contribution is 2.24. The Bertz CT molecular complexity index is 631. The summed E-state index contributed by atoms with van der Waals surface area (Å²) in [5.74, 6) is 3.01. The lowest BCUT2D eigenvalue weighted by molar-refractivity contribution is -0.133. The third kappa shape index (κ3) is 4.91. The van der Waals surface area contributed by atoms with Crippen LogP contribution in [0, 0.1) is 0 Å². The van der Waals surface area contributed by atoms with Crippen molar-refractivity contribution >= 4 is 23.5 Å². The molecule has 2 aliphatic rings. The van der Waals surface area contributed by atoms with E-state index in [0.29, 0.717) is 0 Å². The monoisotopic (exact) mass is 403 g/mol. The fourth-order valence-corrected chi connectivity index (χ4v) is 4.20. The van der Waals surface area contributed by atoms with Gasteiger partial charge in [0.15, 0.2) is 0 Å². The van der Waals surface area contributed by atoms with Crippen LogP contribution in [0.1, 0.15) is 40.5 Å². The molecule has 1 aromatic heterocycles. The fourth-order valence-electron chi connectivity index (χ4n) is 4.20. The second kappa shape index (κ2) is 10.1. The first kappa shape index (κ1) is 21.6. The van der Waals surface area contributed by atoms with Crippen molar-refractivity contribution in [3.63, 3.8) is 0 Å². The number of carbonyl (C=O) groups excluding carboxylic acids is 1. The van der Waals surface area contributed by atoms with E-state index < -0.39 is 0 Å². The zero-order valence-corrected chi connectivity index (χ0v) is 18.5. The van der Waals surface area contributed by atoms with E-state index in [-0.39, 0.29) is 11.9 Å². The Balaban J connectivity index is 1.76. The van der Waals surface area contributed by atoms with Crippen LogP contribution in [-0.4, -0.2) is 85.7 Å². The number of anilines is 3. The van der Waals surface area contributed by atoms with Gasteiger partial charge in [0.05, 0.1) is 6.04 Å². The van der Waals surface area contributed by atoms with Crippen LogP contribution in [0.15, 0.2) is 6.07 Å². The van der Waals surface area contributed by atoms with Gasteiger partial charge in [0.25, 0.3) is 0 Å². The molecule has 2 fully saturated rings. The van der Waals surface area contributed by atoms with Gasteiger partial charge in [0, 0.05) is 58.4 Å². The Kier molecular flexibility index (Phi) is 7.52. The number of aromatic nitrogens is 2. The number of hydrogen-bond acceptors (Lipinski definition) is 7. The van der Waals surface area contributed by atoms with Crippen molar-refractivity contribution in [3.05, 3.63) is 6.07 Å². The third-order valence-corrected chi connectivity index (χ3v) is 6.09. The number of amides is 1. The number of nitrogens with one attached hydrogen (secondary N) is 1. The third-order valence-electron chi connectivity index (χ3n) is 6.09. The van der Waals surface area contributed by atoms with Crippen molar-refractivity contribution in [2.24, 2.45) is 0 Å². The smallest absolute Gasteiger partial charge is 0.239 e. The molecule has 2 aliphatic heterocycles. The van der Waals surface area contributed by atoms with E-state index in [1.165, 1.54) is 0 Å². The number of rotatable bonds is 8. The molecule has 8 heteroatoms. The van der Waals surface area contributed by atoms with E-state index in [1.807, 2.05) is 4.90 Å². The maximum absolute atomic E-state index is 12.7. The summed E-state index contributed by atoms with van der Waals surface area (Å²) in [6.45, 7) is 16.3. The van der Waals surface area contributed by atoms with E-state index in [2.05, 4.69) is 53.8 Å². The Morgan fingerprint density at radius 2 is 1.69 bits per heavy atom. The summed E-state index contributed by atoms with van der Waals surface area (Å²) in [6.07, 6.45) is 2.06. The highest BCUT2D eigenvalue weighted by Gasteiger charge is 2.30. The number of nitrogens with zero attached hydrogens (tertiary/aromatic N) is 6. The molecule has 3 rings (SSSR count). The molecule has 1 atom stereocenters. The normalized spacial score (nSPS) is 19.5. The van der Waals surface area contributed by atoms with Crippen LogP contribution < -0.4 is 20.0 Å². The molecule has 2 saturated heterocycles. The largest absolute Gasteiger partial charge is 0.357 e. The molecule has 1 amide bonds. The van der Waals surface area contributed by atoms with Crippen LogP contribution in [-0.2, 0) is 4.79 Å². The average Bonchev–Trinajstić information content (AvgIpc) is 3.30.